The van der Waals surface area contributed by atoms with Crippen LogP contribution < -0.4 is 5.56 Å². The molecule has 0 spiro atoms. The molecule has 6 heteroatoms. The summed E-state index contributed by atoms with van der Waals surface area (Å²) >= 11 is 18.0. The van der Waals surface area contributed by atoms with E-state index >= 15 is 0 Å². The molecule has 0 saturated carbocycles. The number of carbonyl (C=O) groups is 1. The van der Waals surface area contributed by atoms with Crippen LogP contribution in [0.2, 0.25) is 15.1 Å². The number of pyridine rings is 1. The van der Waals surface area contributed by atoms with Gasteiger partial charge in [-0.05, 0) is 12.1 Å². The standard InChI is InChI=1S/C12H6Cl3NO2/c13-8-1-2-9(14)12(15)11(8)7-4-16-10(18)3-6(7)5-17/h1-5H,(H,16,18). The van der Waals surface area contributed by atoms with Crippen LogP contribution in [-0.2, 0) is 0 Å². The van der Waals surface area contributed by atoms with Crippen LogP contribution in [0.5, 0.6) is 0 Å². The summed E-state index contributed by atoms with van der Waals surface area (Å²) in [5.41, 5.74) is 0.672. The molecule has 3 nitrogen and oxygen atoms in total. The molecule has 1 aromatic heterocycles. The molecule has 18 heavy (non-hydrogen) atoms. The largest absolute Gasteiger partial charge is 0.328 e. The van der Waals surface area contributed by atoms with Crippen molar-refractivity contribution in [3.05, 3.63) is 55.4 Å². The molecule has 0 aliphatic heterocycles. The Hall–Kier alpha value is -1.29. The average molecular weight is 303 g/mol. The molecule has 1 N–H and O–H groups in total. The van der Waals surface area contributed by atoms with Gasteiger partial charge in [0.15, 0.2) is 6.29 Å². The number of rotatable bonds is 2. The van der Waals surface area contributed by atoms with Crippen LogP contribution in [0.25, 0.3) is 11.1 Å². The molecule has 1 aromatic carbocycles. The first-order valence-electron chi connectivity index (χ1n) is 4.86. The Labute approximate surface area is 117 Å². The summed E-state index contributed by atoms with van der Waals surface area (Å²) in [5, 5.41) is 0.901. The van der Waals surface area contributed by atoms with E-state index in [2.05, 4.69) is 4.98 Å². The molecule has 92 valence electrons. The maximum Gasteiger partial charge on any atom is 0.248 e. The van der Waals surface area contributed by atoms with Crippen LogP contribution in [0.4, 0.5) is 0 Å². The van der Waals surface area contributed by atoms with Gasteiger partial charge in [0.1, 0.15) is 0 Å². The van der Waals surface area contributed by atoms with Crippen molar-refractivity contribution in [1.82, 2.24) is 4.98 Å². The van der Waals surface area contributed by atoms with Crippen LogP contribution in [0.15, 0.2) is 29.2 Å². The SMILES string of the molecule is O=Cc1cc(=O)[nH]cc1-c1c(Cl)ccc(Cl)c1Cl. The van der Waals surface area contributed by atoms with Crippen LogP contribution in [0.1, 0.15) is 10.4 Å². The van der Waals surface area contributed by atoms with Crippen LogP contribution in [0.3, 0.4) is 0 Å². The van der Waals surface area contributed by atoms with Crippen molar-refractivity contribution in [3.8, 4) is 11.1 Å². The number of benzene rings is 1. The number of nitrogens with one attached hydrogen (secondary N) is 1. The summed E-state index contributed by atoms with van der Waals surface area (Å²) < 4.78 is 0. The molecule has 0 saturated heterocycles. The molecule has 0 unspecified atom stereocenters. The molecule has 0 amide bonds. The van der Waals surface area contributed by atoms with Gasteiger partial charge in [-0.3, -0.25) is 9.59 Å². The Morgan fingerprint density at radius 3 is 2.44 bits per heavy atom. The van der Waals surface area contributed by atoms with Crippen LogP contribution >= 0.6 is 34.8 Å². The van der Waals surface area contributed by atoms with Gasteiger partial charge in [0.05, 0.1) is 15.1 Å². The first-order valence-corrected chi connectivity index (χ1v) is 5.99. The van der Waals surface area contributed by atoms with E-state index in [1.807, 2.05) is 0 Å². The monoisotopic (exact) mass is 301 g/mol. The quantitative estimate of drug-likeness (QED) is 0.677. The topological polar surface area (TPSA) is 49.9 Å². The molecule has 2 rings (SSSR count). The fourth-order valence-corrected chi connectivity index (χ4v) is 2.31. The number of H-pyrrole nitrogens is 1. The minimum absolute atomic E-state index is 0.199. The van der Waals surface area contributed by atoms with Crippen molar-refractivity contribution < 1.29 is 4.79 Å². The van der Waals surface area contributed by atoms with Crippen molar-refractivity contribution in [1.29, 1.82) is 0 Å². The third-order valence-corrected chi connectivity index (χ3v) is 3.52. The van der Waals surface area contributed by atoms with E-state index in [1.165, 1.54) is 12.3 Å². The Morgan fingerprint density at radius 1 is 1.11 bits per heavy atom. The number of aromatic amines is 1. The highest BCUT2D eigenvalue weighted by Crippen LogP contribution is 2.39. The van der Waals surface area contributed by atoms with Gasteiger partial charge in [0.25, 0.3) is 0 Å². The third-order valence-electron chi connectivity index (χ3n) is 2.40. The molecule has 0 aliphatic rings. The van der Waals surface area contributed by atoms with Gasteiger partial charge < -0.3 is 4.98 Å². The smallest absolute Gasteiger partial charge is 0.248 e. The van der Waals surface area contributed by atoms with Crippen molar-refractivity contribution >= 4 is 41.1 Å². The second-order valence-electron chi connectivity index (χ2n) is 3.50. The van der Waals surface area contributed by atoms with Gasteiger partial charge >= 0.3 is 0 Å². The van der Waals surface area contributed by atoms with E-state index in [0.29, 0.717) is 27.5 Å². The van der Waals surface area contributed by atoms with E-state index in [0.717, 1.165) is 0 Å². The molecular formula is C12H6Cl3NO2. The summed E-state index contributed by atoms with van der Waals surface area (Å²) in [6.45, 7) is 0. The zero-order valence-electron chi connectivity index (χ0n) is 8.84. The number of carbonyl (C=O) groups excluding carboxylic acids is 1. The fraction of sp³-hybridized carbons (Fsp3) is 0. The average Bonchev–Trinajstić information content (AvgIpc) is 2.36. The van der Waals surface area contributed by atoms with Gasteiger partial charge in [-0.2, -0.15) is 0 Å². The molecule has 0 aliphatic carbocycles. The third kappa shape index (κ3) is 2.29. The van der Waals surface area contributed by atoms with Gasteiger partial charge in [-0.25, -0.2) is 0 Å². The number of hydrogen-bond acceptors (Lipinski definition) is 2. The maximum atomic E-state index is 11.2. The van der Waals surface area contributed by atoms with Gasteiger partial charge in [-0.15, -0.1) is 0 Å². The fourth-order valence-electron chi connectivity index (χ4n) is 1.58. The molecule has 0 bridgehead atoms. The summed E-state index contributed by atoms with van der Waals surface area (Å²) in [7, 11) is 0. The molecule has 0 atom stereocenters. The lowest BCUT2D eigenvalue weighted by molar-refractivity contribution is 0.112. The van der Waals surface area contributed by atoms with E-state index < -0.39 is 0 Å². The second-order valence-corrected chi connectivity index (χ2v) is 4.69. The lowest BCUT2D eigenvalue weighted by Crippen LogP contribution is -2.06. The van der Waals surface area contributed by atoms with E-state index in [4.69, 9.17) is 34.8 Å². The minimum Gasteiger partial charge on any atom is -0.328 e. The highest BCUT2D eigenvalue weighted by molar-refractivity contribution is 6.46. The van der Waals surface area contributed by atoms with Crippen molar-refractivity contribution in [2.24, 2.45) is 0 Å². The maximum absolute atomic E-state index is 11.2. The second kappa shape index (κ2) is 5.14. The highest BCUT2D eigenvalue weighted by Gasteiger charge is 2.15. The zero-order valence-corrected chi connectivity index (χ0v) is 11.1. The first kappa shape index (κ1) is 13.1. The Bertz CT molecular complexity index is 680. The van der Waals surface area contributed by atoms with Gasteiger partial charge in [-0.1, -0.05) is 34.8 Å². The summed E-state index contributed by atoms with van der Waals surface area (Å²) in [4.78, 5) is 24.6. The van der Waals surface area contributed by atoms with Crippen molar-refractivity contribution in [2.45, 2.75) is 0 Å². The first-order chi connectivity index (χ1) is 8.54. The number of aldehydes is 1. The van der Waals surface area contributed by atoms with Gasteiger partial charge in [0.2, 0.25) is 5.56 Å². The van der Waals surface area contributed by atoms with Crippen molar-refractivity contribution in [2.75, 3.05) is 0 Å². The van der Waals surface area contributed by atoms with E-state index in [1.54, 1.807) is 12.1 Å². The van der Waals surface area contributed by atoms with Crippen LogP contribution in [-0.4, -0.2) is 11.3 Å². The zero-order chi connectivity index (χ0) is 13.3. The Balaban J connectivity index is 2.81. The minimum atomic E-state index is -0.380. The summed E-state index contributed by atoms with van der Waals surface area (Å²) in [5.74, 6) is 0. The molecule has 1 heterocycles. The lowest BCUT2D eigenvalue weighted by atomic mass is 10.0. The number of halogens is 3. The Kier molecular flexibility index (Phi) is 3.76. The van der Waals surface area contributed by atoms with E-state index in [-0.39, 0.29) is 16.1 Å². The molecular weight excluding hydrogens is 296 g/mol. The normalized spacial score (nSPS) is 10.4. The predicted molar refractivity (Wildman–Crippen MR) is 72.9 cm³/mol. The predicted octanol–water partition coefficient (Wildman–Crippen LogP) is 3.81. The Morgan fingerprint density at radius 2 is 1.78 bits per heavy atom. The van der Waals surface area contributed by atoms with Gasteiger partial charge in [0, 0.05) is 29.0 Å². The van der Waals surface area contributed by atoms with Crippen LogP contribution in [0, 0.1) is 0 Å². The van der Waals surface area contributed by atoms with Crippen molar-refractivity contribution in [3.63, 3.8) is 0 Å². The summed E-state index contributed by atoms with van der Waals surface area (Å²) in [6.07, 6.45) is 1.95. The number of aromatic nitrogens is 1. The summed E-state index contributed by atoms with van der Waals surface area (Å²) in [6, 6.07) is 4.31. The molecule has 2 aromatic rings. The highest BCUT2D eigenvalue weighted by atomic mass is 35.5. The lowest BCUT2D eigenvalue weighted by Gasteiger charge is -2.10. The molecule has 0 fully saturated rings. The number of hydrogen-bond donors (Lipinski definition) is 1. The molecule has 0 radical (unpaired) electrons. The van der Waals surface area contributed by atoms with E-state index in [9.17, 15) is 9.59 Å².